The fourth-order valence-electron chi connectivity index (χ4n) is 4.32. The standard InChI is InChI=1S/C16H30N2O/c1-15(7-5-12-19-14-15)18-11-6-10-17-16(13-18)8-3-2-4-9-16/h17H,2-14H2,1H3. The maximum atomic E-state index is 5.79. The number of nitrogens with zero attached hydrogens (tertiary/aromatic N) is 1. The number of nitrogens with one attached hydrogen (secondary N) is 1. The van der Waals surface area contributed by atoms with Gasteiger partial charge in [-0.3, -0.25) is 4.90 Å². The van der Waals surface area contributed by atoms with E-state index in [1.165, 1.54) is 71.0 Å². The third-order valence-electron chi connectivity index (χ3n) is 5.59. The molecule has 2 heterocycles. The first-order valence-electron chi connectivity index (χ1n) is 8.30. The predicted octanol–water partition coefficient (Wildman–Crippen LogP) is 2.55. The van der Waals surface area contributed by atoms with Crippen LogP contribution in [-0.4, -0.2) is 48.8 Å². The predicted molar refractivity (Wildman–Crippen MR) is 78.5 cm³/mol. The highest BCUT2D eigenvalue weighted by molar-refractivity contribution is 5.00. The Hall–Kier alpha value is -0.120. The first-order valence-corrected chi connectivity index (χ1v) is 8.30. The van der Waals surface area contributed by atoms with E-state index in [1.807, 2.05) is 0 Å². The van der Waals surface area contributed by atoms with Crippen molar-refractivity contribution in [2.24, 2.45) is 0 Å². The average Bonchev–Trinajstić information content (AvgIpc) is 2.64. The zero-order valence-electron chi connectivity index (χ0n) is 12.5. The third kappa shape index (κ3) is 2.98. The summed E-state index contributed by atoms with van der Waals surface area (Å²) in [6.45, 7) is 8.01. The molecule has 3 nitrogen and oxygen atoms in total. The summed E-state index contributed by atoms with van der Waals surface area (Å²) in [7, 11) is 0. The molecule has 3 aliphatic rings. The number of hydrogen-bond acceptors (Lipinski definition) is 3. The monoisotopic (exact) mass is 266 g/mol. The molecule has 0 bridgehead atoms. The van der Waals surface area contributed by atoms with Gasteiger partial charge in [-0.05, 0) is 45.6 Å². The highest BCUT2D eigenvalue weighted by Gasteiger charge is 2.41. The van der Waals surface area contributed by atoms with Crippen molar-refractivity contribution in [1.29, 1.82) is 0 Å². The fourth-order valence-corrected chi connectivity index (χ4v) is 4.32. The summed E-state index contributed by atoms with van der Waals surface area (Å²) in [5.41, 5.74) is 0.698. The Labute approximate surface area is 118 Å². The molecule has 110 valence electrons. The first kappa shape index (κ1) is 13.8. The van der Waals surface area contributed by atoms with E-state index in [-0.39, 0.29) is 5.54 Å². The van der Waals surface area contributed by atoms with Crippen LogP contribution in [0.1, 0.15) is 58.3 Å². The quantitative estimate of drug-likeness (QED) is 0.789. The third-order valence-corrected chi connectivity index (χ3v) is 5.59. The largest absolute Gasteiger partial charge is 0.380 e. The summed E-state index contributed by atoms with van der Waals surface area (Å²) in [4.78, 5) is 2.76. The molecule has 2 aliphatic heterocycles. The van der Waals surface area contributed by atoms with Crippen molar-refractivity contribution in [3.63, 3.8) is 0 Å². The van der Waals surface area contributed by atoms with Gasteiger partial charge in [0.25, 0.3) is 0 Å². The van der Waals surface area contributed by atoms with E-state index in [2.05, 4.69) is 17.1 Å². The second-order valence-corrected chi connectivity index (χ2v) is 7.20. The molecule has 19 heavy (non-hydrogen) atoms. The second-order valence-electron chi connectivity index (χ2n) is 7.20. The van der Waals surface area contributed by atoms with Crippen molar-refractivity contribution in [2.45, 2.75) is 69.4 Å². The Balaban J connectivity index is 1.73. The van der Waals surface area contributed by atoms with Crippen LogP contribution in [0.25, 0.3) is 0 Å². The summed E-state index contributed by atoms with van der Waals surface area (Å²) in [5, 5.41) is 3.90. The van der Waals surface area contributed by atoms with Crippen LogP contribution in [0.4, 0.5) is 0 Å². The van der Waals surface area contributed by atoms with Crippen LogP contribution in [0.3, 0.4) is 0 Å². The maximum Gasteiger partial charge on any atom is 0.0647 e. The smallest absolute Gasteiger partial charge is 0.0647 e. The fraction of sp³-hybridized carbons (Fsp3) is 1.00. The SMILES string of the molecule is CC1(N2CCCNC3(CCCCC3)C2)CCCOC1. The first-order chi connectivity index (χ1) is 9.23. The molecule has 0 aromatic rings. The van der Waals surface area contributed by atoms with E-state index in [0.717, 1.165) is 13.2 Å². The summed E-state index contributed by atoms with van der Waals surface area (Å²) in [6.07, 6.45) is 10.8. The van der Waals surface area contributed by atoms with Gasteiger partial charge in [-0.25, -0.2) is 0 Å². The number of hydrogen-bond donors (Lipinski definition) is 1. The van der Waals surface area contributed by atoms with Gasteiger partial charge in [0.2, 0.25) is 0 Å². The summed E-state index contributed by atoms with van der Waals surface area (Å²) >= 11 is 0. The van der Waals surface area contributed by atoms with Gasteiger partial charge in [0.05, 0.1) is 6.61 Å². The van der Waals surface area contributed by atoms with Crippen molar-refractivity contribution in [1.82, 2.24) is 10.2 Å². The van der Waals surface area contributed by atoms with Crippen molar-refractivity contribution < 1.29 is 4.74 Å². The second kappa shape index (κ2) is 5.71. The highest BCUT2D eigenvalue weighted by atomic mass is 16.5. The molecular formula is C16H30N2O. The lowest BCUT2D eigenvalue weighted by Gasteiger charge is -2.48. The highest BCUT2D eigenvalue weighted by Crippen LogP contribution is 2.34. The van der Waals surface area contributed by atoms with Gasteiger partial charge in [0.15, 0.2) is 0 Å². The van der Waals surface area contributed by atoms with Gasteiger partial charge >= 0.3 is 0 Å². The molecule has 0 radical (unpaired) electrons. The zero-order chi connectivity index (χ0) is 13.2. The molecule has 1 saturated carbocycles. The van der Waals surface area contributed by atoms with E-state index in [9.17, 15) is 0 Å². The normalized spacial score (nSPS) is 37.1. The van der Waals surface area contributed by atoms with Crippen molar-refractivity contribution >= 4 is 0 Å². The molecule has 1 unspecified atom stereocenters. The van der Waals surface area contributed by atoms with Crippen LogP contribution < -0.4 is 5.32 Å². The maximum absolute atomic E-state index is 5.79. The molecule has 2 saturated heterocycles. The topological polar surface area (TPSA) is 24.5 Å². The van der Waals surface area contributed by atoms with Crippen LogP contribution in [-0.2, 0) is 4.74 Å². The average molecular weight is 266 g/mol. The molecule has 0 amide bonds. The molecular weight excluding hydrogens is 236 g/mol. The molecule has 0 aromatic carbocycles. The van der Waals surface area contributed by atoms with Gasteiger partial charge in [0.1, 0.15) is 0 Å². The molecule has 3 fully saturated rings. The Kier molecular flexibility index (Phi) is 4.16. The van der Waals surface area contributed by atoms with E-state index in [0.29, 0.717) is 5.54 Å². The molecule has 1 aliphatic carbocycles. The van der Waals surface area contributed by atoms with E-state index in [4.69, 9.17) is 4.74 Å². The Bertz CT molecular complexity index is 293. The Morgan fingerprint density at radius 3 is 2.58 bits per heavy atom. The lowest BCUT2D eigenvalue weighted by atomic mass is 9.80. The minimum Gasteiger partial charge on any atom is -0.380 e. The van der Waals surface area contributed by atoms with Gasteiger partial charge in [-0.1, -0.05) is 19.3 Å². The van der Waals surface area contributed by atoms with Crippen molar-refractivity contribution in [3.8, 4) is 0 Å². The van der Waals surface area contributed by atoms with Crippen LogP contribution in [0.2, 0.25) is 0 Å². The Morgan fingerprint density at radius 1 is 1.00 bits per heavy atom. The lowest BCUT2D eigenvalue weighted by Crippen LogP contribution is -2.59. The molecule has 1 spiro atoms. The molecule has 1 N–H and O–H groups in total. The zero-order valence-corrected chi connectivity index (χ0v) is 12.5. The van der Waals surface area contributed by atoms with Crippen LogP contribution in [0.5, 0.6) is 0 Å². The summed E-state index contributed by atoms with van der Waals surface area (Å²) in [6, 6.07) is 0. The molecule has 1 atom stereocenters. The van der Waals surface area contributed by atoms with Crippen molar-refractivity contribution in [2.75, 3.05) is 32.8 Å². The van der Waals surface area contributed by atoms with Gasteiger partial charge in [-0.15, -0.1) is 0 Å². The van der Waals surface area contributed by atoms with E-state index < -0.39 is 0 Å². The van der Waals surface area contributed by atoms with E-state index in [1.54, 1.807) is 0 Å². The summed E-state index contributed by atoms with van der Waals surface area (Å²) < 4.78 is 5.79. The van der Waals surface area contributed by atoms with Gasteiger partial charge < -0.3 is 10.1 Å². The lowest BCUT2D eigenvalue weighted by molar-refractivity contribution is -0.0481. The van der Waals surface area contributed by atoms with E-state index >= 15 is 0 Å². The Morgan fingerprint density at radius 2 is 1.84 bits per heavy atom. The molecule has 0 aromatic heterocycles. The number of rotatable bonds is 1. The minimum atomic E-state index is 0.286. The minimum absolute atomic E-state index is 0.286. The molecule has 3 heteroatoms. The number of ether oxygens (including phenoxy) is 1. The van der Waals surface area contributed by atoms with Crippen LogP contribution in [0.15, 0.2) is 0 Å². The van der Waals surface area contributed by atoms with Crippen LogP contribution in [0, 0.1) is 0 Å². The van der Waals surface area contributed by atoms with Gasteiger partial charge in [-0.2, -0.15) is 0 Å². The molecule has 3 rings (SSSR count). The van der Waals surface area contributed by atoms with Gasteiger partial charge in [0, 0.05) is 30.8 Å². The summed E-state index contributed by atoms with van der Waals surface area (Å²) in [5.74, 6) is 0. The van der Waals surface area contributed by atoms with Crippen molar-refractivity contribution in [3.05, 3.63) is 0 Å². The van der Waals surface area contributed by atoms with Crippen LogP contribution >= 0.6 is 0 Å².